The van der Waals surface area contributed by atoms with E-state index < -0.39 is 53.4 Å². The molecule has 1 aromatic carbocycles. The summed E-state index contributed by atoms with van der Waals surface area (Å²) in [6.45, 7) is 3.39. The maximum Gasteiger partial charge on any atom is 0.333 e. The molecule has 0 saturated heterocycles. The average molecular weight is 610 g/mol. The number of hydrogen-bond donors (Lipinski definition) is 3. The average Bonchev–Trinajstić information content (AvgIpc) is 3.28. The van der Waals surface area contributed by atoms with Gasteiger partial charge < -0.3 is 25.0 Å². The number of Topliss-reactive ketones (excluding diaryl/α,β-unsaturated/α-hetero) is 1. The highest BCUT2D eigenvalue weighted by Crippen LogP contribution is 2.67. The minimum Gasteiger partial charge on any atom is -0.467 e. The fourth-order valence-electron chi connectivity index (χ4n) is 8.98. The van der Waals surface area contributed by atoms with Crippen LogP contribution in [0.5, 0.6) is 0 Å². The zero-order chi connectivity index (χ0) is 31.9. The molecule has 44 heavy (non-hydrogen) atoms. The van der Waals surface area contributed by atoms with Crippen molar-refractivity contribution in [2.24, 2.45) is 28.6 Å². The molecule has 4 aliphatic rings. The highest BCUT2D eigenvalue weighted by atomic mass is 16.5. The molecular weight excluding hydrogens is 566 g/mol. The molecule has 0 heterocycles. The molecule has 3 N–H and O–H groups in total. The number of aliphatic hydroxyl groups is 2. The number of carbonyl (C=O) groups excluding carboxylic acids is 5. The molecule has 0 aromatic heterocycles. The lowest BCUT2D eigenvalue weighted by atomic mass is 9.45. The second-order valence-electron chi connectivity index (χ2n) is 13.5. The lowest BCUT2D eigenvalue weighted by Crippen LogP contribution is -2.62. The maximum absolute atomic E-state index is 13.5. The summed E-state index contributed by atoms with van der Waals surface area (Å²) in [4.78, 5) is 62.9. The number of nitrogens with one attached hydrogen (secondary N) is 1. The molecule has 4 aliphatic carbocycles. The summed E-state index contributed by atoms with van der Waals surface area (Å²) in [5, 5.41) is 26.0. The van der Waals surface area contributed by atoms with E-state index in [0.29, 0.717) is 24.8 Å². The van der Waals surface area contributed by atoms with Gasteiger partial charge in [-0.25, -0.2) is 4.79 Å². The van der Waals surface area contributed by atoms with Crippen molar-refractivity contribution in [2.45, 2.75) is 89.4 Å². The molecule has 0 bridgehead atoms. The van der Waals surface area contributed by atoms with Crippen LogP contribution in [-0.4, -0.2) is 65.0 Å². The van der Waals surface area contributed by atoms with E-state index in [2.05, 4.69) is 12.2 Å². The van der Waals surface area contributed by atoms with Gasteiger partial charge in [-0.1, -0.05) is 49.8 Å². The fraction of sp³-hybridized carbons (Fsp3) is 0.618. The maximum atomic E-state index is 13.5. The Kier molecular flexibility index (Phi) is 8.88. The van der Waals surface area contributed by atoms with Gasteiger partial charge in [-0.15, -0.1) is 0 Å². The van der Waals surface area contributed by atoms with Crippen molar-refractivity contribution in [3.63, 3.8) is 0 Å². The Balaban J connectivity index is 1.18. The third-order valence-corrected chi connectivity index (χ3v) is 11.3. The van der Waals surface area contributed by atoms with Crippen molar-refractivity contribution in [1.82, 2.24) is 5.32 Å². The number of esters is 2. The van der Waals surface area contributed by atoms with Crippen LogP contribution in [0.1, 0.15) is 83.2 Å². The third-order valence-electron chi connectivity index (χ3n) is 11.3. The normalized spacial score (nSPS) is 34.8. The van der Waals surface area contributed by atoms with Gasteiger partial charge in [-0.05, 0) is 73.3 Å². The highest BCUT2D eigenvalue weighted by molar-refractivity contribution is 5.92. The second kappa shape index (κ2) is 12.2. The molecule has 1 amide bonds. The Labute approximate surface area is 257 Å². The van der Waals surface area contributed by atoms with Gasteiger partial charge in [0.1, 0.15) is 5.60 Å². The minimum atomic E-state index is -1.76. The number of amides is 1. The van der Waals surface area contributed by atoms with Crippen molar-refractivity contribution < 1.29 is 43.7 Å². The Morgan fingerprint density at radius 3 is 2.48 bits per heavy atom. The van der Waals surface area contributed by atoms with Gasteiger partial charge in [-0.3, -0.25) is 19.2 Å². The molecule has 238 valence electrons. The summed E-state index contributed by atoms with van der Waals surface area (Å²) in [7, 11) is 1.22. The second-order valence-corrected chi connectivity index (χ2v) is 13.5. The number of ether oxygens (including phenoxy) is 2. The van der Waals surface area contributed by atoms with Gasteiger partial charge in [0.15, 0.2) is 18.4 Å². The SMILES string of the molecule is COC(=O)[C@H](NC(=O)CCC(=O)OCC(=O)[C@@]1(O)CC[C@H]2[C@@H]3CCC4=CC(=O)CC[C@]4(C)[C@H]3[C@@H](O)C[C@@]21C)c1ccccc1. The fourth-order valence-corrected chi connectivity index (χ4v) is 8.98. The number of fused-ring (bicyclic) bond motifs is 5. The predicted octanol–water partition coefficient (Wildman–Crippen LogP) is 3.14. The molecule has 10 heteroatoms. The third kappa shape index (κ3) is 5.51. The van der Waals surface area contributed by atoms with Gasteiger partial charge in [0.05, 0.1) is 19.6 Å². The van der Waals surface area contributed by atoms with Gasteiger partial charge >= 0.3 is 11.9 Å². The van der Waals surface area contributed by atoms with E-state index in [0.717, 1.165) is 18.4 Å². The Morgan fingerprint density at radius 2 is 1.77 bits per heavy atom. The molecule has 10 nitrogen and oxygen atoms in total. The van der Waals surface area contributed by atoms with Crippen molar-refractivity contribution in [1.29, 1.82) is 0 Å². The van der Waals surface area contributed by atoms with Crippen LogP contribution in [0, 0.1) is 28.6 Å². The van der Waals surface area contributed by atoms with Crippen LogP contribution in [0.2, 0.25) is 0 Å². The van der Waals surface area contributed by atoms with Crippen LogP contribution in [0.3, 0.4) is 0 Å². The van der Waals surface area contributed by atoms with Gasteiger partial charge in [-0.2, -0.15) is 0 Å². The number of ketones is 2. The van der Waals surface area contributed by atoms with Crippen LogP contribution in [0.4, 0.5) is 0 Å². The first kappa shape index (κ1) is 32.0. The Hall–Kier alpha value is -3.37. The first-order valence-corrected chi connectivity index (χ1v) is 15.6. The summed E-state index contributed by atoms with van der Waals surface area (Å²) in [5.74, 6) is -2.39. The molecule has 5 rings (SSSR count). The standard InChI is InChI=1S/C34H43NO9/c1-32-15-13-22(36)17-21(32)9-10-23-24-14-16-34(42,33(24,2)18-25(37)29(23)32)26(38)19-44-28(40)12-11-27(39)35-30(31(41)43-3)20-7-5-4-6-8-20/h4-8,17,23-25,29-30,37,42H,9-16,18-19H2,1-3H3,(H,35,39)/t23-,24-,25-,29+,30+,32-,33-,34-/m0/s1. The smallest absolute Gasteiger partial charge is 0.333 e. The number of aliphatic hydroxyl groups excluding tert-OH is 1. The first-order chi connectivity index (χ1) is 20.8. The highest BCUT2D eigenvalue weighted by Gasteiger charge is 2.68. The van der Waals surface area contributed by atoms with Crippen LogP contribution in [0.25, 0.3) is 0 Å². The van der Waals surface area contributed by atoms with E-state index in [9.17, 15) is 34.2 Å². The van der Waals surface area contributed by atoms with Gasteiger partial charge in [0, 0.05) is 18.3 Å². The summed E-state index contributed by atoms with van der Waals surface area (Å²) >= 11 is 0. The van der Waals surface area contributed by atoms with Crippen LogP contribution < -0.4 is 5.32 Å². The monoisotopic (exact) mass is 609 g/mol. The molecule has 1 aromatic rings. The van der Waals surface area contributed by atoms with Crippen molar-refractivity contribution in [2.75, 3.05) is 13.7 Å². The molecule has 8 atom stereocenters. The summed E-state index contributed by atoms with van der Waals surface area (Å²) in [6.07, 6.45) is 4.25. The van der Waals surface area contributed by atoms with Crippen molar-refractivity contribution in [3.05, 3.63) is 47.5 Å². The molecule has 0 aliphatic heterocycles. The number of benzene rings is 1. The van der Waals surface area contributed by atoms with E-state index in [1.54, 1.807) is 36.4 Å². The van der Waals surface area contributed by atoms with Crippen LogP contribution >= 0.6 is 0 Å². The largest absolute Gasteiger partial charge is 0.467 e. The summed E-state index contributed by atoms with van der Waals surface area (Å²) < 4.78 is 10.0. The number of carbonyl (C=O) groups is 5. The van der Waals surface area contributed by atoms with Gasteiger partial charge in [0.25, 0.3) is 0 Å². The summed E-state index contributed by atoms with van der Waals surface area (Å²) in [5.41, 5.74) is -1.28. The van der Waals surface area contributed by atoms with E-state index in [4.69, 9.17) is 9.47 Å². The lowest BCUT2D eigenvalue weighted by Gasteiger charge is -2.60. The molecule has 0 unspecified atom stereocenters. The quantitative estimate of drug-likeness (QED) is 0.358. The number of allylic oxidation sites excluding steroid dienone is 1. The Bertz CT molecular complexity index is 1360. The van der Waals surface area contributed by atoms with E-state index >= 15 is 0 Å². The summed E-state index contributed by atoms with van der Waals surface area (Å²) in [6, 6.07) is 7.54. The van der Waals surface area contributed by atoms with Crippen molar-refractivity contribution in [3.8, 4) is 0 Å². The molecule has 3 saturated carbocycles. The minimum absolute atomic E-state index is 0.00706. The van der Waals surface area contributed by atoms with E-state index in [1.165, 1.54) is 7.11 Å². The zero-order valence-electron chi connectivity index (χ0n) is 25.7. The predicted molar refractivity (Wildman–Crippen MR) is 158 cm³/mol. The van der Waals surface area contributed by atoms with Gasteiger partial charge in [0.2, 0.25) is 11.7 Å². The number of hydrogen-bond acceptors (Lipinski definition) is 9. The first-order valence-electron chi connectivity index (χ1n) is 15.6. The zero-order valence-corrected chi connectivity index (χ0v) is 25.7. The lowest BCUT2D eigenvalue weighted by molar-refractivity contribution is -0.184. The number of methoxy groups -OCH3 is 1. The molecule has 0 radical (unpaired) electrons. The molecular formula is C34H43NO9. The van der Waals surface area contributed by atoms with E-state index in [1.807, 2.05) is 6.92 Å². The molecule has 3 fully saturated rings. The topological polar surface area (TPSA) is 156 Å². The van der Waals surface area contributed by atoms with Crippen LogP contribution in [-0.2, 0) is 33.4 Å². The van der Waals surface area contributed by atoms with Crippen molar-refractivity contribution >= 4 is 29.4 Å². The van der Waals surface area contributed by atoms with E-state index in [-0.39, 0.29) is 54.6 Å². The number of rotatable bonds is 9. The van der Waals surface area contributed by atoms with Crippen LogP contribution in [0.15, 0.2) is 42.0 Å². The molecule has 0 spiro atoms. The Morgan fingerprint density at radius 1 is 1.05 bits per heavy atom.